The first kappa shape index (κ1) is 16.7. The van der Waals surface area contributed by atoms with E-state index in [-0.39, 0.29) is 5.91 Å². The highest BCUT2D eigenvalue weighted by molar-refractivity contribution is 9.10. The van der Waals surface area contributed by atoms with Crippen LogP contribution in [-0.2, 0) is 0 Å². The van der Waals surface area contributed by atoms with Crippen molar-refractivity contribution in [2.75, 3.05) is 31.1 Å². The van der Waals surface area contributed by atoms with E-state index in [0.29, 0.717) is 36.6 Å². The molecule has 1 aliphatic rings. The zero-order chi connectivity index (χ0) is 17.9. The van der Waals surface area contributed by atoms with E-state index in [2.05, 4.69) is 36.0 Å². The third kappa shape index (κ3) is 3.45. The number of amides is 1. The Kier molecular flexibility index (Phi) is 4.66. The predicted octanol–water partition coefficient (Wildman–Crippen LogP) is 2.86. The monoisotopic (exact) mass is 413 g/mol. The number of pyridine rings is 1. The molecule has 1 fully saturated rings. The summed E-state index contributed by atoms with van der Waals surface area (Å²) in [7, 11) is 0. The van der Waals surface area contributed by atoms with Crippen molar-refractivity contribution >= 4 is 27.7 Å². The third-order valence-corrected chi connectivity index (χ3v) is 4.68. The number of furan rings is 1. The van der Waals surface area contributed by atoms with Crippen LogP contribution in [0.25, 0.3) is 11.4 Å². The van der Waals surface area contributed by atoms with Crippen LogP contribution in [0.5, 0.6) is 0 Å². The molecule has 0 aromatic carbocycles. The standard InChI is InChI=1S/C18H16BrN5O2/c19-16-6-5-15(26-16)18(25)24-11-9-23(10-12-24)17-7-4-14(21-22-17)13-3-1-2-8-20-13/h1-8H,9-12H2. The maximum absolute atomic E-state index is 12.4. The number of halogens is 1. The van der Waals surface area contributed by atoms with E-state index >= 15 is 0 Å². The highest BCUT2D eigenvalue weighted by atomic mass is 79.9. The molecule has 0 N–H and O–H groups in total. The number of aromatic nitrogens is 3. The molecule has 132 valence electrons. The molecule has 4 heterocycles. The van der Waals surface area contributed by atoms with E-state index in [1.54, 1.807) is 23.2 Å². The van der Waals surface area contributed by atoms with Gasteiger partial charge in [0.15, 0.2) is 16.2 Å². The summed E-state index contributed by atoms with van der Waals surface area (Å²) in [6.45, 7) is 2.62. The number of rotatable bonds is 3. The quantitative estimate of drug-likeness (QED) is 0.656. The lowest BCUT2D eigenvalue weighted by Crippen LogP contribution is -2.49. The van der Waals surface area contributed by atoms with Gasteiger partial charge in [0.1, 0.15) is 5.69 Å². The first-order chi connectivity index (χ1) is 12.7. The zero-order valence-corrected chi connectivity index (χ0v) is 15.5. The summed E-state index contributed by atoms with van der Waals surface area (Å²) in [4.78, 5) is 20.6. The molecule has 3 aromatic rings. The number of piperazine rings is 1. The normalized spacial score (nSPS) is 14.5. The Labute approximate surface area is 158 Å². The van der Waals surface area contributed by atoms with Crippen molar-refractivity contribution in [1.29, 1.82) is 0 Å². The SMILES string of the molecule is O=C(c1ccc(Br)o1)N1CCN(c2ccc(-c3ccccn3)nn2)CC1. The topological polar surface area (TPSA) is 75.4 Å². The summed E-state index contributed by atoms with van der Waals surface area (Å²) in [6.07, 6.45) is 1.73. The number of hydrogen-bond acceptors (Lipinski definition) is 6. The average Bonchev–Trinajstić information content (AvgIpc) is 3.15. The summed E-state index contributed by atoms with van der Waals surface area (Å²) in [6, 6.07) is 13.0. The molecule has 0 unspecified atom stereocenters. The van der Waals surface area contributed by atoms with Crippen LogP contribution in [0.1, 0.15) is 10.6 Å². The van der Waals surface area contributed by atoms with Gasteiger partial charge in [-0.2, -0.15) is 0 Å². The van der Waals surface area contributed by atoms with Crippen LogP contribution in [0.4, 0.5) is 5.82 Å². The summed E-state index contributed by atoms with van der Waals surface area (Å²) in [5, 5.41) is 8.59. The van der Waals surface area contributed by atoms with Gasteiger partial charge in [-0.1, -0.05) is 6.07 Å². The molecule has 0 saturated carbocycles. The van der Waals surface area contributed by atoms with Crippen LogP contribution in [-0.4, -0.2) is 52.2 Å². The molecule has 8 heteroatoms. The Hall–Kier alpha value is -2.74. The summed E-state index contributed by atoms with van der Waals surface area (Å²) in [5.74, 6) is 1.06. The van der Waals surface area contributed by atoms with Gasteiger partial charge in [0.25, 0.3) is 5.91 Å². The fourth-order valence-corrected chi connectivity index (χ4v) is 3.18. The van der Waals surface area contributed by atoms with E-state index in [4.69, 9.17) is 4.42 Å². The highest BCUT2D eigenvalue weighted by Crippen LogP contribution is 2.19. The molecule has 26 heavy (non-hydrogen) atoms. The smallest absolute Gasteiger partial charge is 0.289 e. The Balaban J connectivity index is 1.39. The van der Waals surface area contributed by atoms with Crippen molar-refractivity contribution in [3.8, 4) is 11.4 Å². The second-order valence-electron chi connectivity index (χ2n) is 5.87. The maximum atomic E-state index is 12.4. The largest absolute Gasteiger partial charge is 0.444 e. The molecule has 0 aliphatic carbocycles. The van der Waals surface area contributed by atoms with Crippen molar-refractivity contribution < 1.29 is 9.21 Å². The van der Waals surface area contributed by atoms with Crippen molar-refractivity contribution in [2.45, 2.75) is 0 Å². The highest BCUT2D eigenvalue weighted by Gasteiger charge is 2.25. The van der Waals surface area contributed by atoms with Gasteiger partial charge in [-0.25, -0.2) is 0 Å². The third-order valence-electron chi connectivity index (χ3n) is 4.25. The van der Waals surface area contributed by atoms with E-state index in [1.807, 2.05) is 30.3 Å². The van der Waals surface area contributed by atoms with Crippen LogP contribution in [0.15, 0.2) is 57.7 Å². The van der Waals surface area contributed by atoms with Gasteiger partial charge < -0.3 is 14.2 Å². The predicted molar refractivity (Wildman–Crippen MR) is 99.8 cm³/mol. The molecule has 0 bridgehead atoms. The molecule has 0 atom stereocenters. The lowest BCUT2D eigenvalue weighted by molar-refractivity contribution is 0.0713. The first-order valence-electron chi connectivity index (χ1n) is 8.25. The van der Waals surface area contributed by atoms with Gasteiger partial charge in [0, 0.05) is 32.4 Å². The fourth-order valence-electron chi connectivity index (χ4n) is 2.87. The van der Waals surface area contributed by atoms with E-state index in [0.717, 1.165) is 17.2 Å². The van der Waals surface area contributed by atoms with Crippen molar-refractivity contribution in [3.05, 3.63) is 59.1 Å². The van der Waals surface area contributed by atoms with Gasteiger partial charge in [0.05, 0.1) is 5.69 Å². The molecule has 1 amide bonds. The Morgan fingerprint density at radius 1 is 0.962 bits per heavy atom. The van der Waals surface area contributed by atoms with Gasteiger partial charge in [0.2, 0.25) is 0 Å². The number of anilines is 1. The first-order valence-corrected chi connectivity index (χ1v) is 9.05. The lowest BCUT2D eigenvalue weighted by Gasteiger charge is -2.34. The Bertz CT molecular complexity index is 889. The number of carbonyl (C=O) groups is 1. The molecule has 0 radical (unpaired) electrons. The van der Waals surface area contributed by atoms with Crippen molar-refractivity contribution in [2.24, 2.45) is 0 Å². The molecule has 7 nitrogen and oxygen atoms in total. The molecule has 1 saturated heterocycles. The second kappa shape index (κ2) is 7.25. The summed E-state index contributed by atoms with van der Waals surface area (Å²) in [5.41, 5.74) is 1.54. The molecule has 0 spiro atoms. The van der Waals surface area contributed by atoms with Gasteiger partial charge in [-0.05, 0) is 52.3 Å². The Morgan fingerprint density at radius 2 is 1.81 bits per heavy atom. The average molecular weight is 414 g/mol. The van der Waals surface area contributed by atoms with Crippen LogP contribution in [0.2, 0.25) is 0 Å². The number of hydrogen-bond donors (Lipinski definition) is 0. The summed E-state index contributed by atoms with van der Waals surface area (Å²) < 4.78 is 5.91. The zero-order valence-electron chi connectivity index (χ0n) is 13.9. The lowest BCUT2D eigenvalue weighted by atomic mass is 10.2. The van der Waals surface area contributed by atoms with Gasteiger partial charge in [-0.15, -0.1) is 10.2 Å². The number of nitrogens with zero attached hydrogens (tertiary/aromatic N) is 5. The van der Waals surface area contributed by atoms with E-state index < -0.39 is 0 Å². The van der Waals surface area contributed by atoms with Crippen LogP contribution >= 0.6 is 15.9 Å². The van der Waals surface area contributed by atoms with Crippen LogP contribution in [0, 0.1) is 0 Å². The maximum Gasteiger partial charge on any atom is 0.289 e. The van der Waals surface area contributed by atoms with Crippen molar-refractivity contribution in [3.63, 3.8) is 0 Å². The molecular weight excluding hydrogens is 398 g/mol. The summed E-state index contributed by atoms with van der Waals surface area (Å²) >= 11 is 3.22. The Morgan fingerprint density at radius 3 is 2.42 bits per heavy atom. The number of carbonyl (C=O) groups excluding carboxylic acids is 1. The fraction of sp³-hybridized carbons (Fsp3) is 0.222. The molecule has 4 rings (SSSR count). The van der Waals surface area contributed by atoms with Crippen molar-refractivity contribution in [1.82, 2.24) is 20.1 Å². The van der Waals surface area contributed by atoms with Gasteiger partial charge in [-0.3, -0.25) is 9.78 Å². The van der Waals surface area contributed by atoms with Crippen LogP contribution < -0.4 is 4.90 Å². The molecule has 1 aliphatic heterocycles. The second-order valence-corrected chi connectivity index (χ2v) is 6.66. The minimum atomic E-state index is -0.0908. The van der Waals surface area contributed by atoms with Gasteiger partial charge >= 0.3 is 0 Å². The molecule has 3 aromatic heterocycles. The minimum absolute atomic E-state index is 0.0908. The minimum Gasteiger partial charge on any atom is -0.444 e. The molecular formula is C18H16BrN5O2. The van der Waals surface area contributed by atoms with E-state index in [1.165, 1.54) is 0 Å². The van der Waals surface area contributed by atoms with E-state index in [9.17, 15) is 4.79 Å². The van der Waals surface area contributed by atoms with Crippen LogP contribution in [0.3, 0.4) is 0 Å².